The van der Waals surface area contributed by atoms with Gasteiger partial charge in [-0.25, -0.2) is 0 Å². The Kier molecular flexibility index (Phi) is 5.63. The van der Waals surface area contributed by atoms with Crippen LogP contribution in [0, 0.1) is 0 Å². The summed E-state index contributed by atoms with van der Waals surface area (Å²) in [6.45, 7) is 7.75. The molecule has 100 valence electrons. The molecule has 18 heavy (non-hydrogen) atoms. The first kappa shape index (κ1) is 15.0. The van der Waals surface area contributed by atoms with Gasteiger partial charge in [0.25, 0.3) is 0 Å². The standard InChI is InChI=1S/C14H21ClN2O/c1-9(2)16-14(18)11(4)17-10(3)12-7-5-6-8-13(12)15/h5-11,17H,1-4H3,(H,16,18)/t10-,11?/m0/s1. The van der Waals surface area contributed by atoms with Crippen LogP contribution in [0.25, 0.3) is 0 Å². The van der Waals surface area contributed by atoms with Crippen molar-refractivity contribution in [2.24, 2.45) is 0 Å². The molecule has 0 aliphatic carbocycles. The molecule has 4 heteroatoms. The van der Waals surface area contributed by atoms with Crippen molar-refractivity contribution in [2.45, 2.75) is 45.8 Å². The molecule has 0 saturated carbocycles. The molecule has 1 rings (SSSR count). The zero-order chi connectivity index (χ0) is 13.7. The minimum absolute atomic E-state index is 0.00361. The van der Waals surface area contributed by atoms with Gasteiger partial charge in [-0.05, 0) is 39.3 Å². The highest BCUT2D eigenvalue weighted by atomic mass is 35.5. The van der Waals surface area contributed by atoms with Gasteiger partial charge in [-0.2, -0.15) is 0 Å². The Morgan fingerprint density at radius 1 is 1.17 bits per heavy atom. The average molecular weight is 269 g/mol. The van der Waals surface area contributed by atoms with Crippen molar-refractivity contribution in [3.63, 3.8) is 0 Å². The highest BCUT2D eigenvalue weighted by Crippen LogP contribution is 2.22. The summed E-state index contributed by atoms with van der Waals surface area (Å²) in [6, 6.07) is 7.59. The van der Waals surface area contributed by atoms with Gasteiger partial charge in [0.1, 0.15) is 0 Å². The second kappa shape index (κ2) is 6.76. The van der Waals surface area contributed by atoms with Gasteiger partial charge >= 0.3 is 0 Å². The highest BCUT2D eigenvalue weighted by molar-refractivity contribution is 6.31. The lowest BCUT2D eigenvalue weighted by molar-refractivity contribution is -0.123. The van der Waals surface area contributed by atoms with E-state index in [0.29, 0.717) is 5.02 Å². The van der Waals surface area contributed by atoms with E-state index < -0.39 is 0 Å². The van der Waals surface area contributed by atoms with Gasteiger partial charge in [-0.1, -0.05) is 29.8 Å². The van der Waals surface area contributed by atoms with Crippen LogP contribution >= 0.6 is 11.6 Å². The number of rotatable bonds is 5. The lowest BCUT2D eigenvalue weighted by Gasteiger charge is -2.21. The molecule has 0 fully saturated rings. The van der Waals surface area contributed by atoms with Crippen LogP contribution in [0.15, 0.2) is 24.3 Å². The summed E-state index contributed by atoms with van der Waals surface area (Å²) in [7, 11) is 0. The van der Waals surface area contributed by atoms with Gasteiger partial charge in [0.2, 0.25) is 5.91 Å². The minimum atomic E-state index is -0.251. The molecule has 0 spiro atoms. The number of nitrogens with one attached hydrogen (secondary N) is 2. The van der Waals surface area contributed by atoms with E-state index in [0.717, 1.165) is 5.56 Å². The van der Waals surface area contributed by atoms with Crippen LogP contribution in [-0.4, -0.2) is 18.0 Å². The number of benzene rings is 1. The third-order valence-corrected chi connectivity index (χ3v) is 3.04. The molecule has 0 heterocycles. The van der Waals surface area contributed by atoms with Crippen LogP contribution in [-0.2, 0) is 4.79 Å². The molecule has 0 bridgehead atoms. The molecule has 1 amide bonds. The first-order chi connectivity index (χ1) is 8.41. The van der Waals surface area contributed by atoms with Gasteiger partial charge in [-0.3, -0.25) is 10.1 Å². The van der Waals surface area contributed by atoms with Crippen molar-refractivity contribution in [1.29, 1.82) is 0 Å². The van der Waals surface area contributed by atoms with Crippen LogP contribution < -0.4 is 10.6 Å². The highest BCUT2D eigenvalue weighted by Gasteiger charge is 2.17. The molecule has 0 radical (unpaired) electrons. The third kappa shape index (κ3) is 4.31. The Morgan fingerprint density at radius 3 is 2.33 bits per heavy atom. The lowest BCUT2D eigenvalue weighted by atomic mass is 10.1. The lowest BCUT2D eigenvalue weighted by Crippen LogP contribution is -2.45. The van der Waals surface area contributed by atoms with Crippen molar-refractivity contribution in [3.05, 3.63) is 34.9 Å². The minimum Gasteiger partial charge on any atom is -0.353 e. The summed E-state index contributed by atoms with van der Waals surface area (Å²) in [5, 5.41) is 6.84. The predicted octanol–water partition coefficient (Wildman–Crippen LogP) is 2.90. The quantitative estimate of drug-likeness (QED) is 0.862. The van der Waals surface area contributed by atoms with E-state index in [9.17, 15) is 4.79 Å². The van der Waals surface area contributed by atoms with Crippen molar-refractivity contribution in [1.82, 2.24) is 10.6 Å². The molecule has 0 aromatic heterocycles. The van der Waals surface area contributed by atoms with E-state index in [1.807, 2.05) is 52.0 Å². The van der Waals surface area contributed by atoms with Crippen LogP contribution in [0.4, 0.5) is 0 Å². The fraction of sp³-hybridized carbons (Fsp3) is 0.500. The van der Waals surface area contributed by atoms with Crippen LogP contribution in [0.2, 0.25) is 5.02 Å². The van der Waals surface area contributed by atoms with Gasteiger partial charge < -0.3 is 5.32 Å². The number of carbonyl (C=O) groups excluding carboxylic acids is 1. The maximum Gasteiger partial charge on any atom is 0.237 e. The molecule has 1 unspecified atom stereocenters. The van der Waals surface area contributed by atoms with E-state index >= 15 is 0 Å². The Balaban J connectivity index is 2.62. The van der Waals surface area contributed by atoms with Crippen LogP contribution in [0.5, 0.6) is 0 Å². The fourth-order valence-corrected chi connectivity index (χ4v) is 2.08. The van der Waals surface area contributed by atoms with E-state index in [-0.39, 0.29) is 24.0 Å². The molecular formula is C14H21ClN2O. The SMILES string of the molecule is CC(C)NC(=O)C(C)N[C@@H](C)c1ccccc1Cl. The van der Waals surface area contributed by atoms with E-state index in [1.54, 1.807) is 0 Å². The Labute approximate surface area is 114 Å². The summed E-state index contributed by atoms with van der Waals surface area (Å²) >= 11 is 6.13. The smallest absolute Gasteiger partial charge is 0.237 e. The van der Waals surface area contributed by atoms with E-state index in [4.69, 9.17) is 11.6 Å². The molecule has 3 nitrogen and oxygen atoms in total. The second-order valence-corrected chi connectivity index (χ2v) is 5.20. The number of hydrogen-bond acceptors (Lipinski definition) is 2. The Bertz CT molecular complexity index is 407. The number of halogens is 1. The van der Waals surface area contributed by atoms with Gasteiger partial charge in [0, 0.05) is 17.1 Å². The molecular weight excluding hydrogens is 248 g/mol. The summed E-state index contributed by atoms with van der Waals surface area (Å²) in [5.74, 6) is 0.00361. The first-order valence-corrected chi connectivity index (χ1v) is 6.60. The predicted molar refractivity (Wildman–Crippen MR) is 75.7 cm³/mol. The number of hydrogen-bond donors (Lipinski definition) is 2. The summed E-state index contributed by atoms with van der Waals surface area (Å²) < 4.78 is 0. The zero-order valence-corrected chi connectivity index (χ0v) is 12.1. The molecule has 2 atom stereocenters. The monoisotopic (exact) mass is 268 g/mol. The summed E-state index contributed by atoms with van der Waals surface area (Å²) in [6.07, 6.45) is 0. The molecule has 0 aliphatic rings. The Morgan fingerprint density at radius 2 is 1.78 bits per heavy atom. The molecule has 0 saturated heterocycles. The molecule has 1 aromatic carbocycles. The second-order valence-electron chi connectivity index (χ2n) is 4.79. The van der Waals surface area contributed by atoms with Crippen molar-refractivity contribution >= 4 is 17.5 Å². The molecule has 2 N–H and O–H groups in total. The summed E-state index contributed by atoms with van der Waals surface area (Å²) in [5.41, 5.74) is 1.00. The maximum absolute atomic E-state index is 11.8. The van der Waals surface area contributed by atoms with E-state index in [2.05, 4.69) is 10.6 Å². The van der Waals surface area contributed by atoms with Gasteiger partial charge in [-0.15, -0.1) is 0 Å². The fourth-order valence-electron chi connectivity index (χ4n) is 1.78. The van der Waals surface area contributed by atoms with Crippen molar-refractivity contribution < 1.29 is 4.79 Å². The summed E-state index contributed by atoms with van der Waals surface area (Å²) in [4.78, 5) is 11.8. The van der Waals surface area contributed by atoms with Gasteiger partial charge in [0.05, 0.1) is 6.04 Å². The van der Waals surface area contributed by atoms with Crippen molar-refractivity contribution in [3.8, 4) is 0 Å². The first-order valence-electron chi connectivity index (χ1n) is 6.22. The van der Waals surface area contributed by atoms with Crippen LogP contribution in [0.1, 0.15) is 39.3 Å². The molecule has 0 aliphatic heterocycles. The largest absolute Gasteiger partial charge is 0.353 e. The van der Waals surface area contributed by atoms with Crippen molar-refractivity contribution in [2.75, 3.05) is 0 Å². The average Bonchev–Trinajstić information content (AvgIpc) is 2.28. The third-order valence-electron chi connectivity index (χ3n) is 2.70. The number of carbonyl (C=O) groups is 1. The Hall–Kier alpha value is -1.06. The zero-order valence-electron chi connectivity index (χ0n) is 11.3. The van der Waals surface area contributed by atoms with E-state index in [1.165, 1.54) is 0 Å². The normalized spacial score (nSPS) is 14.3. The topological polar surface area (TPSA) is 41.1 Å². The van der Waals surface area contributed by atoms with Gasteiger partial charge in [0.15, 0.2) is 0 Å². The number of amides is 1. The maximum atomic E-state index is 11.8. The molecule has 1 aromatic rings. The van der Waals surface area contributed by atoms with Crippen LogP contribution in [0.3, 0.4) is 0 Å².